The molecule has 0 aliphatic heterocycles. The molecule has 0 saturated carbocycles. The van der Waals surface area contributed by atoms with E-state index in [-0.39, 0.29) is 0 Å². The van der Waals surface area contributed by atoms with Gasteiger partial charge in [-0.2, -0.15) is 0 Å². The summed E-state index contributed by atoms with van der Waals surface area (Å²) in [6.07, 6.45) is 3.60. The number of aromatic nitrogens is 4. The average molecular weight is 715 g/mol. The fourth-order valence-electron chi connectivity index (χ4n) is 7.69. The molecule has 4 aromatic heterocycles. The zero-order valence-electron chi connectivity index (χ0n) is 30.4. The molecule has 4 heteroatoms. The molecule has 6 aromatic carbocycles. The first-order valence-electron chi connectivity index (χ1n) is 18.8. The Labute approximate surface area is 325 Å². The van der Waals surface area contributed by atoms with Crippen LogP contribution in [0.2, 0.25) is 0 Å². The second-order valence-corrected chi connectivity index (χ2v) is 13.8. The van der Waals surface area contributed by atoms with Crippen LogP contribution in [0.5, 0.6) is 0 Å². The Morgan fingerprint density at radius 1 is 0.286 bits per heavy atom. The van der Waals surface area contributed by atoms with Crippen molar-refractivity contribution in [1.82, 2.24) is 19.9 Å². The van der Waals surface area contributed by atoms with Crippen LogP contribution in [0, 0.1) is 0 Å². The van der Waals surface area contributed by atoms with Crippen molar-refractivity contribution >= 4 is 21.7 Å². The second-order valence-electron chi connectivity index (χ2n) is 13.8. The zero-order chi connectivity index (χ0) is 37.3. The van der Waals surface area contributed by atoms with Gasteiger partial charge in [-0.1, -0.05) is 152 Å². The van der Waals surface area contributed by atoms with Gasteiger partial charge >= 0.3 is 0 Å². The number of para-hydroxylation sites is 1. The number of hydrogen-bond donors (Lipinski definition) is 0. The molecule has 0 saturated heterocycles. The fraction of sp³-hybridized carbons (Fsp3) is 0. The van der Waals surface area contributed by atoms with Crippen molar-refractivity contribution in [3.05, 3.63) is 207 Å². The normalized spacial score (nSPS) is 11.2. The van der Waals surface area contributed by atoms with Gasteiger partial charge in [-0.15, -0.1) is 0 Å². The van der Waals surface area contributed by atoms with Crippen LogP contribution >= 0.6 is 0 Å². The number of rotatable bonds is 7. The molecule has 4 nitrogen and oxygen atoms in total. The monoisotopic (exact) mass is 714 g/mol. The molecular formula is C52H34N4. The standard InChI is InChI=1S/C52H34N4/c1-2-13-38(14-3-1)41-15-4-5-16-43(41)52-45-19-12-18-42(51(45)44-17-6-7-20-46(44)56-52)39-29-27-36(28-30-39)35-23-25-37(26-24-35)40-33-49(47-21-8-10-31-53-47)55-50(34-40)48-22-9-11-32-54-48/h1-34H. The molecule has 0 radical (unpaired) electrons. The predicted octanol–water partition coefficient (Wildman–Crippen LogP) is 13.2. The van der Waals surface area contributed by atoms with Crippen LogP contribution in [-0.4, -0.2) is 19.9 Å². The highest BCUT2D eigenvalue weighted by atomic mass is 14.8. The van der Waals surface area contributed by atoms with Gasteiger partial charge < -0.3 is 0 Å². The van der Waals surface area contributed by atoms with Crippen molar-refractivity contribution in [3.8, 4) is 78.5 Å². The number of hydrogen-bond acceptors (Lipinski definition) is 4. The molecule has 0 spiro atoms. The SMILES string of the molecule is c1ccc(-c2ccccc2-c2nc3ccccc3c3c(-c4ccc(-c5ccc(-c6cc(-c7ccccn7)nc(-c7ccccn7)c6)cc5)cc4)cccc23)cc1. The van der Waals surface area contributed by atoms with E-state index in [1.54, 1.807) is 12.4 Å². The minimum Gasteiger partial charge on any atom is -0.255 e. The third-order valence-electron chi connectivity index (χ3n) is 10.4. The van der Waals surface area contributed by atoms with Crippen molar-refractivity contribution in [2.75, 3.05) is 0 Å². The van der Waals surface area contributed by atoms with Gasteiger partial charge in [-0.3, -0.25) is 9.97 Å². The molecule has 10 aromatic rings. The van der Waals surface area contributed by atoms with Gasteiger partial charge in [0.1, 0.15) is 0 Å². The maximum Gasteiger partial charge on any atom is 0.0900 e. The highest BCUT2D eigenvalue weighted by Gasteiger charge is 2.17. The number of benzene rings is 6. The van der Waals surface area contributed by atoms with E-state index < -0.39 is 0 Å². The lowest BCUT2D eigenvalue weighted by atomic mass is 9.90. The van der Waals surface area contributed by atoms with Crippen molar-refractivity contribution in [3.63, 3.8) is 0 Å². The summed E-state index contributed by atoms with van der Waals surface area (Å²) in [5, 5.41) is 3.49. The maximum absolute atomic E-state index is 5.31. The molecule has 0 aliphatic carbocycles. The predicted molar refractivity (Wildman–Crippen MR) is 231 cm³/mol. The summed E-state index contributed by atoms with van der Waals surface area (Å²) < 4.78 is 0. The summed E-state index contributed by atoms with van der Waals surface area (Å²) in [6.45, 7) is 0. The van der Waals surface area contributed by atoms with E-state index in [2.05, 4.69) is 168 Å². The Balaban J connectivity index is 1.02. The van der Waals surface area contributed by atoms with E-state index in [0.717, 1.165) is 78.1 Å². The maximum atomic E-state index is 5.31. The van der Waals surface area contributed by atoms with Gasteiger partial charge in [0.2, 0.25) is 0 Å². The van der Waals surface area contributed by atoms with Gasteiger partial charge in [-0.05, 0) is 87.0 Å². The summed E-state index contributed by atoms with van der Waals surface area (Å²) in [4.78, 5) is 19.4. The minimum atomic E-state index is 0.813. The van der Waals surface area contributed by atoms with E-state index in [9.17, 15) is 0 Å². The highest BCUT2D eigenvalue weighted by Crippen LogP contribution is 2.41. The van der Waals surface area contributed by atoms with Gasteiger partial charge in [0.05, 0.1) is 34.0 Å². The van der Waals surface area contributed by atoms with E-state index >= 15 is 0 Å². The van der Waals surface area contributed by atoms with Crippen molar-refractivity contribution < 1.29 is 0 Å². The summed E-state index contributed by atoms with van der Waals surface area (Å²) in [5.74, 6) is 0. The third kappa shape index (κ3) is 6.19. The first-order chi connectivity index (χ1) is 27.8. The molecular weight excluding hydrogens is 681 g/mol. The molecule has 0 N–H and O–H groups in total. The van der Waals surface area contributed by atoms with Crippen LogP contribution < -0.4 is 0 Å². The van der Waals surface area contributed by atoms with Crippen molar-refractivity contribution in [2.45, 2.75) is 0 Å². The van der Waals surface area contributed by atoms with Crippen molar-refractivity contribution in [1.29, 1.82) is 0 Å². The van der Waals surface area contributed by atoms with Gasteiger partial charge in [0.15, 0.2) is 0 Å². The molecule has 0 aliphatic rings. The molecule has 0 atom stereocenters. The van der Waals surface area contributed by atoms with E-state index in [0.29, 0.717) is 0 Å². The Kier molecular flexibility index (Phi) is 8.47. The van der Waals surface area contributed by atoms with Gasteiger partial charge in [0, 0.05) is 34.1 Å². The lowest BCUT2D eigenvalue weighted by Crippen LogP contribution is -1.94. The number of nitrogens with zero attached hydrogens (tertiary/aromatic N) is 4. The molecule has 0 amide bonds. The van der Waals surface area contributed by atoms with Crippen molar-refractivity contribution in [2.24, 2.45) is 0 Å². The number of pyridine rings is 4. The van der Waals surface area contributed by atoms with E-state index in [1.807, 2.05) is 36.4 Å². The quantitative estimate of drug-likeness (QED) is 0.154. The Morgan fingerprint density at radius 2 is 0.786 bits per heavy atom. The van der Waals surface area contributed by atoms with E-state index in [1.165, 1.54) is 22.1 Å². The average Bonchev–Trinajstić information content (AvgIpc) is 3.29. The van der Waals surface area contributed by atoms with Crippen LogP contribution in [0.4, 0.5) is 0 Å². The lowest BCUT2D eigenvalue weighted by Gasteiger charge is -2.16. The topological polar surface area (TPSA) is 51.6 Å². The zero-order valence-corrected chi connectivity index (χ0v) is 30.4. The lowest BCUT2D eigenvalue weighted by molar-refractivity contribution is 1.22. The highest BCUT2D eigenvalue weighted by molar-refractivity contribution is 6.17. The Bertz CT molecular complexity index is 2920. The summed E-state index contributed by atoms with van der Waals surface area (Å²) in [5.41, 5.74) is 15.5. The largest absolute Gasteiger partial charge is 0.255 e. The second kappa shape index (κ2) is 14.3. The van der Waals surface area contributed by atoms with Crippen LogP contribution in [0.3, 0.4) is 0 Å². The smallest absolute Gasteiger partial charge is 0.0900 e. The van der Waals surface area contributed by atoms with Gasteiger partial charge in [-0.25, -0.2) is 9.97 Å². The van der Waals surface area contributed by atoms with Crippen LogP contribution in [0.25, 0.3) is 100 Å². The third-order valence-corrected chi connectivity index (χ3v) is 10.4. The molecule has 10 rings (SSSR count). The first-order valence-corrected chi connectivity index (χ1v) is 18.8. The van der Waals surface area contributed by atoms with Gasteiger partial charge in [0.25, 0.3) is 0 Å². The summed E-state index contributed by atoms with van der Waals surface area (Å²) >= 11 is 0. The number of fused-ring (bicyclic) bond motifs is 3. The molecule has 262 valence electrons. The van der Waals surface area contributed by atoms with Crippen LogP contribution in [0.1, 0.15) is 0 Å². The minimum absolute atomic E-state index is 0.813. The molecule has 0 fully saturated rings. The summed E-state index contributed by atoms with van der Waals surface area (Å²) in [6, 6.07) is 68.0. The first kappa shape index (κ1) is 33.0. The van der Waals surface area contributed by atoms with E-state index in [4.69, 9.17) is 9.97 Å². The van der Waals surface area contributed by atoms with Crippen LogP contribution in [0.15, 0.2) is 207 Å². The molecule has 0 bridgehead atoms. The Hall–Kier alpha value is -7.56. The molecule has 4 heterocycles. The Morgan fingerprint density at radius 3 is 1.43 bits per heavy atom. The fourth-order valence-corrected chi connectivity index (χ4v) is 7.69. The van der Waals surface area contributed by atoms with Crippen LogP contribution in [-0.2, 0) is 0 Å². The summed E-state index contributed by atoms with van der Waals surface area (Å²) in [7, 11) is 0. The molecule has 0 unspecified atom stereocenters. The molecule has 56 heavy (non-hydrogen) atoms.